The van der Waals surface area contributed by atoms with Gasteiger partial charge in [-0.2, -0.15) is 0 Å². The van der Waals surface area contributed by atoms with Gasteiger partial charge in [-0.3, -0.25) is 14.4 Å². The number of ether oxygens (including phenoxy) is 3. The van der Waals surface area contributed by atoms with Crippen molar-refractivity contribution in [2.75, 3.05) is 13.2 Å². The van der Waals surface area contributed by atoms with Gasteiger partial charge in [0.2, 0.25) is 0 Å². The Morgan fingerprint density at radius 2 is 0.439 bits per heavy atom. The largest absolute Gasteiger partial charge is 0.462 e. The zero-order valence-corrected chi connectivity index (χ0v) is 55.0. The number of hydrogen-bond acceptors (Lipinski definition) is 6. The summed E-state index contributed by atoms with van der Waals surface area (Å²) in [7, 11) is 0. The van der Waals surface area contributed by atoms with Crippen LogP contribution in [0, 0.1) is 0 Å². The van der Waals surface area contributed by atoms with E-state index in [4.69, 9.17) is 14.2 Å². The lowest BCUT2D eigenvalue weighted by Crippen LogP contribution is -2.30. The van der Waals surface area contributed by atoms with Crippen LogP contribution in [0.2, 0.25) is 0 Å². The van der Waals surface area contributed by atoms with Crippen molar-refractivity contribution >= 4 is 17.9 Å². The first-order valence-electron chi connectivity index (χ1n) is 36.3. The maximum atomic E-state index is 12.9. The molecule has 0 aliphatic heterocycles. The molecule has 0 radical (unpaired) electrons. The highest BCUT2D eigenvalue weighted by Crippen LogP contribution is 2.18. The molecule has 0 rings (SSSR count). The minimum Gasteiger partial charge on any atom is -0.462 e. The topological polar surface area (TPSA) is 78.9 Å². The fourth-order valence-electron chi connectivity index (χ4n) is 10.8. The number of hydrogen-bond donors (Lipinski definition) is 0. The summed E-state index contributed by atoms with van der Waals surface area (Å²) < 4.78 is 16.9. The van der Waals surface area contributed by atoms with E-state index in [1.165, 1.54) is 270 Å². The van der Waals surface area contributed by atoms with Gasteiger partial charge in [0.25, 0.3) is 0 Å². The molecule has 0 aromatic rings. The van der Waals surface area contributed by atoms with Crippen LogP contribution in [0.3, 0.4) is 0 Å². The van der Waals surface area contributed by atoms with Crippen LogP contribution in [-0.2, 0) is 28.6 Å². The van der Waals surface area contributed by atoms with Gasteiger partial charge < -0.3 is 14.2 Å². The number of unbranched alkanes of at least 4 members (excludes halogenated alkanes) is 46. The number of rotatable bonds is 67. The van der Waals surface area contributed by atoms with Gasteiger partial charge in [0, 0.05) is 19.3 Å². The van der Waals surface area contributed by atoms with Crippen LogP contribution in [0.5, 0.6) is 0 Å². The van der Waals surface area contributed by atoms with E-state index in [0.717, 1.165) is 77.0 Å². The molecule has 0 bridgehead atoms. The molecule has 82 heavy (non-hydrogen) atoms. The standard InChI is InChI=1S/C76H138O6/c1-4-7-10-13-16-18-20-22-24-26-28-30-32-34-36-37-38-39-41-42-44-46-48-50-52-54-56-58-60-63-66-69-75(78)81-72-73(71-80-74(77)68-65-62-15-12-9-6-3)82-76(79)70-67-64-61-59-57-55-53-51-49-47-45-43-40-35-33-31-29-27-25-23-21-19-17-14-11-8-5-2/h20-23,26-29,32,34,73H,4-19,24-25,30-31,33,35-72H2,1-3H3/b22-20-,23-21-,28-26-,29-27-,34-32-. The van der Waals surface area contributed by atoms with Crippen LogP contribution < -0.4 is 0 Å². The average Bonchev–Trinajstić information content (AvgIpc) is 3.47. The second-order valence-electron chi connectivity index (χ2n) is 24.5. The number of carbonyl (C=O) groups excluding carboxylic acids is 3. The molecule has 0 aromatic heterocycles. The van der Waals surface area contributed by atoms with Crippen LogP contribution in [0.1, 0.15) is 387 Å². The van der Waals surface area contributed by atoms with Gasteiger partial charge in [0.1, 0.15) is 13.2 Å². The highest BCUT2D eigenvalue weighted by atomic mass is 16.6. The molecule has 0 fully saturated rings. The lowest BCUT2D eigenvalue weighted by molar-refractivity contribution is -0.167. The van der Waals surface area contributed by atoms with Gasteiger partial charge in [-0.1, -0.05) is 338 Å². The van der Waals surface area contributed by atoms with Crippen molar-refractivity contribution in [1.29, 1.82) is 0 Å². The van der Waals surface area contributed by atoms with E-state index in [2.05, 4.69) is 81.5 Å². The Morgan fingerprint density at radius 3 is 0.683 bits per heavy atom. The average molecular weight is 1150 g/mol. The van der Waals surface area contributed by atoms with E-state index in [0.29, 0.717) is 19.3 Å². The molecule has 0 aromatic carbocycles. The summed E-state index contributed by atoms with van der Waals surface area (Å²) in [5.41, 5.74) is 0. The molecule has 0 amide bonds. The summed E-state index contributed by atoms with van der Waals surface area (Å²) in [4.78, 5) is 38.1. The highest BCUT2D eigenvalue weighted by Gasteiger charge is 2.19. The summed E-state index contributed by atoms with van der Waals surface area (Å²) in [6, 6.07) is 0. The van der Waals surface area contributed by atoms with Gasteiger partial charge in [-0.15, -0.1) is 0 Å². The minimum atomic E-state index is -0.770. The van der Waals surface area contributed by atoms with E-state index >= 15 is 0 Å². The maximum absolute atomic E-state index is 12.9. The van der Waals surface area contributed by atoms with Gasteiger partial charge in [0.05, 0.1) is 0 Å². The molecule has 1 unspecified atom stereocenters. The number of allylic oxidation sites excluding steroid dienone is 10. The van der Waals surface area contributed by atoms with Crippen molar-refractivity contribution in [3.63, 3.8) is 0 Å². The molecule has 0 aliphatic rings. The molecule has 0 N–H and O–H groups in total. The zero-order valence-electron chi connectivity index (χ0n) is 55.0. The lowest BCUT2D eigenvalue weighted by atomic mass is 10.0. The Morgan fingerprint density at radius 1 is 0.244 bits per heavy atom. The van der Waals surface area contributed by atoms with E-state index in [9.17, 15) is 14.4 Å². The van der Waals surface area contributed by atoms with Crippen LogP contribution in [0.25, 0.3) is 0 Å². The Kier molecular flexibility index (Phi) is 68.1. The molecule has 1 atom stereocenters. The second kappa shape index (κ2) is 70.6. The van der Waals surface area contributed by atoms with Gasteiger partial charge in [-0.25, -0.2) is 0 Å². The molecule has 0 heterocycles. The third-order valence-electron chi connectivity index (χ3n) is 16.2. The number of carbonyl (C=O) groups is 3. The molecule has 0 saturated carbocycles. The first kappa shape index (κ1) is 79.1. The zero-order chi connectivity index (χ0) is 59.2. The van der Waals surface area contributed by atoms with Gasteiger partial charge in [-0.05, 0) is 89.9 Å². The minimum absolute atomic E-state index is 0.0698. The molecule has 6 nitrogen and oxygen atoms in total. The fourth-order valence-corrected chi connectivity index (χ4v) is 10.8. The lowest BCUT2D eigenvalue weighted by Gasteiger charge is -2.18. The SMILES string of the molecule is CCCCCCC/C=C\C/C=C\C/C=C\CCCCCCCCCCCCCCCCCCC(=O)OCC(COC(=O)CCCCCCCC)OC(=O)CCCCCCCCCCCCCCCCC/C=C\C/C=C\CCCCCCC. The monoisotopic (exact) mass is 1150 g/mol. The first-order valence-corrected chi connectivity index (χ1v) is 36.3. The summed E-state index contributed by atoms with van der Waals surface area (Å²) in [6.07, 6.45) is 91.6. The third-order valence-corrected chi connectivity index (χ3v) is 16.2. The van der Waals surface area contributed by atoms with Crippen molar-refractivity contribution < 1.29 is 28.6 Å². The van der Waals surface area contributed by atoms with Crippen LogP contribution in [0.4, 0.5) is 0 Å². The predicted molar refractivity (Wildman–Crippen MR) is 358 cm³/mol. The van der Waals surface area contributed by atoms with Crippen molar-refractivity contribution in [3.05, 3.63) is 60.8 Å². The molecule has 478 valence electrons. The summed E-state index contributed by atoms with van der Waals surface area (Å²) in [6.45, 7) is 6.61. The highest BCUT2D eigenvalue weighted by molar-refractivity contribution is 5.71. The smallest absolute Gasteiger partial charge is 0.306 e. The maximum Gasteiger partial charge on any atom is 0.306 e. The predicted octanol–water partition coefficient (Wildman–Crippen LogP) is 25.1. The molecular formula is C76H138O6. The molecule has 0 saturated heterocycles. The van der Waals surface area contributed by atoms with Gasteiger partial charge >= 0.3 is 17.9 Å². The quantitative estimate of drug-likeness (QED) is 0.0261. The molecule has 0 aliphatic carbocycles. The summed E-state index contributed by atoms with van der Waals surface area (Å²) in [5, 5.41) is 0. The Balaban J connectivity index is 3.98. The normalized spacial score (nSPS) is 12.4. The fraction of sp³-hybridized carbons (Fsp3) is 0.829. The van der Waals surface area contributed by atoms with E-state index in [1.807, 2.05) is 0 Å². The molecule has 0 spiro atoms. The van der Waals surface area contributed by atoms with Crippen LogP contribution in [0.15, 0.2) is 60.8 Å². The van der Waals surface area contributed by atoms with E-state index in [-0.39, 0.29) is 31.1 Å². The van der Waals surface area contributed by atoms with Crippen LogP contribution in [-0.4, -0.2) is 37.2 Å². The summed E-state index contributed by atoms with van der Waals surface area (Å²) in [5.74, 6) is -0.858. The van der Waals surface area contributed by atoms with Crippen molar-refractivity contribution in [2.24, 2.45) is 0 Å². The van der Waals surface area contributed by atoms with Crippen molar-refractivity contribution in [3.8, 4) is 0 Å². The second-order valence-corrected chi connectivity index (χ2v) is 24.5. The van der Waals surface area contributed by atoms with Crippen LogP contribution >= 0.6 is 0 Å². The molecular weight excluding hydrogens is 1010 g/mol. The first-order chi connectivity index (χ1) is 40.5. The number of esters is 3. The third kappa shape index (κ3) is 67.9. The molecule has 6 heteroatoms. The summed E-state index contributed by atoms with van der Waals surface area (Å²) >= 11 is 0. The van der Waals surface area contributed by atoms with Crippen molar-refractivity contribution in [2.45, 2.75) is 393 Å². The Bertz CT molecular complexity index is 1460. The van der Waals surface area contributed by atoms with Crippen molar-refractivity contribution in [1.82, 2.24) is 0 Å². The Hall–Kier alpha value is -2.89. The van der Waals surface area contributed by atoms with E-state index in [1.54, 1.807) is 0 Å². The van der Waals surface area contributed by atoms with E-state index < -0.39 is 6.10 Å². The van der Waals surface area contributed by atoms with Gasteiger partial charge in [0.15, 0.2) is 6.10 Å². The Labute approximate surface area is 510 Å².